The van der Waals surface area contributed by atoms with Gasteiger partial charge in [0.1, 0.15) is 17.1 Å². The minimum Gasteiger partial charge on any atom is -0.508 e. The minimum absolute atomic E-state index is 0.0610. The van der Waals surface area contributed by atoms with E-state index in [9.17, 15) is 9.59 Å². The van der Waals surface area contributed by atoms with Crippen LogP contribution in [0.1, 0.15) is 21.0 Å². The molecule has 20 heavy (non-hydrogen) atoms. The molecule has 0 aliphatic heterocycles. The highest BCUT2D eigenvalue weighted by atomic mass is 16.5. The number of esters is 1. The topological polar surface area (TPSA) is 88.5 Å². The van der Waals surface area contributed by atoms with E-state index in [4.69, 9.17) is 5.11 Å². The highest BCUT2D eigenvalue weighted by Gasteiger charge is 2.12. The van der Waals surface area contributed by atoms with Crippen molar-refractivity contribution >= 4 is 17.6 Å². The first kappa shape index (κ1) is 13.5. The molecule has 0 atom stereocenters. The van der Waals surface area contributed by atoms with Crippen molar-refractivity contribution in [1.82, 2.24) is 4.98 Å². The Labute approximate surface area is 115 Å². The zero-order valence-corrected chi connectivity index (χ0v) is 10.7. The molecule has 0 unspecified atom stereocenters. The summed E-state index contributed by atoms with van der Waals surface area (Å²) in [6, 6.07) is 10.5. The molecule has 2 aromatic rings. The average Bonchev–Trinajstić information content (AvgIpc) is 2.49. The second kappa shape index (κ2) is 5.83. The molecule has 1 aromatic heterocycles. The first-order valence-electron chi connectivity index (χ1n) is 5.76. The zero-order valence-electron chi connectivity index (χ0n) is 10.7. The van der Waals surface area contributed by atoms with Crippen LogP contribution in [0.3, 0.4) is 0 Å². The number of ether oxygens (including phenoxy) is 1. The molecular formula is C14H12N2O4. The van der Waals surface area contributed by atoms with Gasteiger partial charge in [0.25, 0.3) is 5.91 Å². The van der Waals surface area contributed by atoms with Crippen molar-refractivity contribution in [2.45, 2.75) is 0 Å². The van der Waals surface area contributed by atoms with Crippen molar-refractivity contribution in [3.8, 4) is 5.75 Å². The van der Waals surface area contributed by atoms with Crippen molar-refractivity contribution in [2.75, 3.05) is 12.4 Å². The Morgan fingerprint density at radius 1 is 1.10 bits per heavy atom. The summed E-state index contributed by atoms with van der Waals surface area (Å²) in [5, 5.41) is 11.8. The molecule has 1 heterocycles. The summed E-state index contributed by atoms with van der Waals surface area (Å²) in [6.45, 7) is 0. The molecule has 102 valence electrons. The van der Waals surface area contributed by atoms with E-state index < -0.39 is 11.9 Å². The number of phenols is 1. The van der Waals surface area contributed by atoms with Crippen molar-refractivity contribution < 1.29 is 19.4 Å². The van der Waals surface area contributed by atoms with Gasteiger partial charge in [-0.25, -0.2) is 9.78 Å². The number of hydrogen-bond donors (Lipinski definition) is 2. The number of rotatable bonds is 3. The number of nitrogens with one attached hydrogen (secondary N) is 1. The quantitative estimate of drug-likeness (QED) is 0.657. The van der Waals surface area contributed by atoms with Gasteiger partial charge >= 0.3 is 5.97 Å². The Bertz CT molecular complexity index is 638. The van der Waals surface area contributed by atoms with Crippen LogP contribution in [-0.2, 0) is 4.74 Å². The molecule has 0 fully saturated rings. The predicted octanol–water partition coefficient (Wildman–Crippen LogP) is 1.83. The number of aromatic nitrogens is 1. The average molecular weight is 272 g/mol. The first-order valence-corrected chi connectivity index (χ1v) is 5.76. The van der Waals surface area contributed by atoms with Crippen LogP contribution in [0.4, 0.5) is 5.69 Å². The van der Waals surface area contributed by atoms with E-state index in [1.807, 2.05) is 0 Å². The number of anilines is 1. The van der Waals surface area contributed by atoms with E-state index in [0.717, 1.165) is 0 Å². The molecule has 0 radical (unpaired) electrons. The minimum atomic E-state index is -0.607. The normalized spacial score (nSPS) is 9.85. The molecule has 2 N–H and O–H groups in total. The van der Waals surface area contributed by atoms with Crippen LogP contribution in [0.2, 0.25) is 0 Å². The SMILES string of the molecule is COC(=O)c1cccc(C(=O)Nc2ccc(O)cc2)n1. The van der Waals surface area contributed by atoms with Gasteiger partial charge in [-0.1, -0.05) is 6.07 Å². The highest BCUT2D eigenvalue weighted by Crippen LogP contribution is 2.14. The molecule has 0 spiro atoms. The number of carbonyl (C=O) groups excluding carboxylic acids is 2. The molecular weight excluding hydrogens is 260 g/mol. The maximum atomic E-state index is 12.0. The lowest BCUT2D eigenvalue weighted by molar-refractivity contribution is 0.0594. The molecule has 6 heteroatoms. The van der Waals surface area contributed by atoms with Crippen molar-refractivity contribution in [1.29, 1.82) is 0 Å². The molecule has 0 aliphatic carbocycles. The van der Waals surface area contributed by atoms with E-state index in [2.05, 4.69) is 15.0 Å². The molecule has 0 saturated heterocycles. The zero-order chi connectivity index (χ0) is 14.5. The number of aromatic hydroxyl groups is 1. The predicted molar refractivity (Wildman–Crippen MR) is 71.6 cm³/mol. The van der Waals surface area contributed by atoms with Crippen molar-refractivity contribution in [2.24, 2.45) is 0 Å². The van der Waals surface area contributed by atoms with Gasteiger partial charge in [0.2, 0.25) is 0 Å². The van der Waals surface area contributed by atoms with Crippen LogP contribution in [0.15, 0.2) is 42.5 Å². The fourth-order valence-corrected chi connectivity index (χ4v) is 1.52. The molecule has 1 aromatic carbocycles. The number of hydrogen-bond acceptors (Lipinski definition) is 5. The van der Waals surface area contributed by atoms with E-state index in [1.165, 1.54) is 31.4 Å². The Hall–Kier alpha value is -2.89. The lowest BCUT2D eigenvalue weighted by atomic mass is 10.2. The number of methoxy groups -OCH3 is 1. The van der Waals surface area contributed by atoms with Crippen LogP contribution in [0.5, 0.6) is 5.75 Å². The summed E-state index contributed by atoms with van der Waals surface area (Å²) < 4.78 is 4.54. The Morgan fingerprint density at radius 3 is 2.40 bits per heavy atom. The number of nitrogens with zero attached hydrogens (tertiary/aromatic N) is 1. The summed E-state index contributed by atoms with van der Waals surface area (Å²) in [7, 11) is 1.24. The van der Waals surface area contributed by atoms with E-state index in [-0.39, 0.29) is 17.1 Å². The number of pyridine rings is 1. The van der Waals surface area contributed by atoms with E-state index in [0.29, 0.717) is 5.69 Å². The third kappa shape index (κ3) is 3.11. The number of benzene rings is 1. The Kier molecular flexibility index (Phi) is 3.95. The first-order chi connectivity index (χ1) is 9.60. The monoisotopic (exact) mass is 272 g/mol. The fraction of sp³-hybridized carbons (Fsp3) is 0.0714. The third-order valence-corrected chi connectivity index (χ3v) is 2.50. The summed E-state index contributed by atoms with van der Waals surface area (Å²) in [5.74, 6) is -0.959. The summed E-state index contributed by atoms with van der Waals surface area (Å²) in [5.41, 5.74) is 0.671. The maximum absolute atomic E-state index is 12.0. The molecule has 0 aliphatic rings. The van der Waals surface area contributed by atoms with Gasteiger partial charge in [0.05, 0.1) is 7.11 Å². The van der Waals surface area contributed by atoms with Crippen LogP contribution >= 0.6 is 0 Å². The molecule has 1 amide bonds. The number of amides is 1. The summed E-state index contributed by atoms with van der Waals surface area (Å²) in [6.07, 6.45) is 0. The molecule has 2 rings (SSSR count). The second-order valence-corrected chi connectivity index (χ2v) is 3.90. The van der Waals surface area contributed by atoms with Gasteiger partial charge in [-0.15, -0.1) is 0 Å². The van der Waals surface area contributed by atoms with Crippen LogP contribution in [-0.4, -0.2) is 29.1 Å². The van der Waals surface area contributed by atoms with Crippen LogP contribution < -0.4 is 5.32 Å². The largest absolute Gasteiger partial charge is 0.508 e. The lowest BCUT2D eigenvalue weighted by Crippen LogP contribution is -2.15. The highest BCUT2D eigenvalue weighted by molar-refractivity contribution is 6.03. The summed E-state index contributed by atoms with van der Waals surface area (Å²) >= 11 is 0. The van der Waals surface area contributed by atoms with Crippen LogP contribution in [0.25, 0.3) is 0 Å². The van der Waals surface area contributed by atoms with Gasteiger partial charge in [-0.2, -0.15) is 0 Å². The maximum Gasteiger partial charge on any atom is 0.356 e. The molecule has 0 saturated carbocycles. The number of phenolic OH excluding ortho intramolecular Hbond substituents is 1. The van der Waals surface area contributed by atoms with Crippen molar-refractivity contribution in [3.63, 3.8) is 0 Å². The molecule has 6 nitrogen and oxygen atoms in total. The van der Waals surface area contributed by atoms with Gasteiger partial charge < -0.3 is 15.2 Å². The number of carbonyl (C=O) groups is 2. The Morgan fingerprint density at radius 2 is 1.75 bits per heavy atom. The fourth-order valence-electron chi connectivity index (χ4n) is 1.52. The van der Waals surface area contributed by atoms with Gasteiger partial charge in [0.15, 0.2) is 0 Å². The van der Waals surface area contributed by atoms with E-state index >= 15 is 0 Å². The van der Waals surface area contributed by atoms with Gasteiger partial charge in [-0.05, 0) is 36.4 Å². The van der Waals surface area contributed by atoms with Gasteiger partial charge in [-0.3, -0.25) is 4.79 Å². The standard InChI is InChI=1S/C14H12N2O4/c1-20-14(19)12-4-2-3-11(16-12)13(18)15-9-5-7-10(17)8-6-9/h2-8,17H,1H3,(H,15,18). The summed E-state index contributed by atoms with van der Waals surface area (Å²) in [4.78, 5) is 27.2. The van der Waals surface area contributed by atoms with Gasteiger partial charge in [0, 0.05) is 5.69 Å². The van der Waals surface area contributed by atoms with Crippen LogP contribution in [0, 0.1) is 0 Å². The lowest BCUT2D eigenvalue weighted by Gasteiger charge is -2.05. The van der Waals surface area contributed by atoms with E-state index in [1.54, 1.807) is 18.2 Å². The smallest absolute Gasteiger partial charge is 0.356 e. The second-order valence-electron chi connectivity index (χ2n) is 3.90. The third-order valence-electron chi connectivity index (χ3n) is 2.50. The van der Waals surface area contributed by atoms with Crippen molar-refractivity contribution in [3.05, 3.63) is 53.9 Å². The molecule has 0 bridgehead atoms. The Balaban J connectivity index is 2.17.